The van der Waals surface area contributed by atoms with Crippen LogP contribution in [0.25, 0.3) is 16.7 Å². The minimum absolute atomic E-state index is 0.146. The van der Waals surface area contributed by atoms with Gasteiger partial charge in [-0.25, -0.2) is 4.68 Å². The van der Waals surface area contributed by atoms with E-state index in [0.29, 0.717) is 22.5 Å². The Balaban J connectivity index is 1.56. The van der Waals surface area contributed by atoms with Gasteiger partial charge in [-0.05, 0) is 67.6 Å². The Morgan fingerprint density at radius 1 is 1.12 bits per heavy atom. The molecule has 7 heteroatoms. The normalized spacial score (nSPS) is 11.2. The van der Waals surface area contributed by atoms with Crippen LogP contribution in [0.3, 0.4) is 0 Å². The molecule has 6 nitrogen and oxygen atoms in total. The predicted molar refractivity (Wildman–Crippen MR) is 133 cm³/mol. The van der Waals surface area contributed by atoms with Gasteiger partial charge in [-0.2, -0.15) is 10.1 Å². The Morgan fingerprint density at radius 2 is 1.85 bits per heavy atom. The highest BCUT2D eigenvalue weighted by atomic mass is 35.5. The summed E-state index contributed by atoms with van der Waals surface area (Å²) < 4.78 is 7.53. The molecule has 0 bridgehead atoms. The van der Waals surface area contributed by atoms with Gasteiger partial charge in [0.25, 0.3) is 5.91 Å². The first-order chi connectivity index (χ1) is 15.7. The molecule has 0 unspecified atom stereocenters. The third kappa shape index (κ3) is 4.71. The molecule has 0 saturated carbocycles. The van der Waals surface area contributed by atoms with Crippen molar-refractivity contribution in [2.45, 2.75) is 40.5 Å². The summed E-state index contributed by atoms with van der Waals surface area (Å²) in [7, 11) is 0. The third-order valence-corrected chi connectivity index (χ3v) is 6.08. The van der Waals surface area contributed by atoms with Crippen molar-refractivity contribution in [3.05, 3.63) is 75.9 Å². The lowest BCUT2D eigenvalue weighted by atomic mass is 10.0. The number of carbonyl (C=O) groups excluding carboxylic acids is 1. The molecule has 170 valence electrons. The van der Waals surface area contributed by atoms with Crippen LogP contribution >= 0.6 is 11.6 Å². The number of fused-ring (bicyclic) bond motifs is 1. The molecule has 0 fully saturated rings. The number of ether oxygens (including phenoxy) is 1. The number of halogens is 1. The number of hydrogen-bond donors (Lipinski definition) is 1. The van der Waals surface area contributed by atoms with Gasteiger partial charge in [0.1, 0.15) is 0 Å². The molecular formula is C26H27ClN4O2. The number of pyridine rings is 1. The number of nitrogens with one attached hydrogen (secondary N) is 1. The first kappa shape index (κ1) is 22.8. The number of rotatable bonds is 6. The monoisotopic (exact) mass is 462 g/mol. The van der Waals surface area contributed by atoms with Crippen molar-refractivity contribution in [2.75, 3.05) is 11.9 Å². The van der Waals surface area contributed by atoms with E-state index in [9.17, 15) is 4.79 Å². The molecule has 4 aromatic rings. The molecule has 2 aromatic carbocycles. The second kappa shape index (κ2) is 9.24. The maximum Gasteiger partial charge on any atom is 0.262 e. The zero-order valence-corrected chi connectivity index (χ0v) is 20.2. The molecule has 33 heavy (non-hydrogen) atoms. The average Bonchev–Trinajstić information content (AvgIpc) is 3.11. The van der Waals surface area contributed by atoms with Crippen molar-refractivity contribution in [1.82, 2.24) is 14.8 Å². The Hall–Kier alpha value is -3.38. The number of nitrogens with zero attached hydrogens (tertiary/aromatic N) is 3. The van der Waals surface area contributed by atoms with Crippen LogP contribution in [0.2, 0.25) is 5.02 Å². The fourth-order valence-corrected chi connectivity index (χ4v) is 4.00. The van der Waals surface area contributed by atoms with Crippen LogP contribution in [0.1, 0.15) is 42.1 Å². The first-order valence-corrected chi connectivity index (χ1v) is 11.3. The minimum Gasteiger partial charge on any atom is -0.467 e. The fraction of sp³-hybridized carbons (Fsp3) is 0.269. The van der Waals surface area contributed by atoms with Crippen LogP contribution in [-0.2, 0) is 4.79 Å². The van der Waals surface area contributed by atoms with E-state index in [4.69, 9.17) is 21.4 Å². The SMILES string of the molecule is Cc1c(Cl)cccc1-n1nc(C)c2c(C)cc(OCC(=O)Nc3ccc(C(C)C)cc3)nc21. The zero-order chi connectivity index (χ0) is 23.7. The van der Waals surface area contributed by atoms with E-state index in [2.05, 4.69) is 24.1 Å². The quantitative estimate of drug-likeness (QED) is 0.373. The summed E-state index contributed by atoms with van der Waals surface area (Å²) in [5, 5.41) is 9.17. The van der Waals surface area contributed by atoms with Crippen molar-refractivity contribution >= 4 is 34.2 Å². The number of carbonyl (C=O) groups is 1. The van der Waals surface area contributed by atoms with Crippen LogP contribution in [0.4, 0.5) is 5.69 Å². The van der Waals surface area contributed by atoms with Crippen LogP contribution in [0, 0.1) is 20.8 Å². The van der Waals surface area contributed by atoms with E-state index in [1.807, 2.05) is 69.3 Å². The molecule has 2 heterocycles. The lowest BCUT2D eigenvalue weighted by Crippen LogP contribution is -2.20. The van der Waals surface area contributed by atoms with Crippen LogP contribution < -0.4 is 10.1 Å². The van der Waals surface area contributed by atoms with Gasteiger partial charge < -0.3 is 10.1 Å². The van der Waals surface area contributed by atoms with Gasteiger partial charge in [0.15, 0.2) is 12.3 Å². The summed E-state index contributed by atoms with van der Waals surface area (Å²) in [6, 6.07) is 15.3. The van der Waals surface area contributed by atoms with Crippen LogP contribution in [-0.4, -0.2) is 27.3 Å². The number of aryl methyl sites for hydroxylation is 2. The number of benzene rings is 2. The topological polar surface area (TPSA) is 69.0 Å². The minimum atomic E-state index is -0.248. The van der Waals surface area contributed by atoms with E-state index in [1.165, 1.54) is 5.56 Å². The average molecular weight is 463 g/mol. The molecule has 0 atom stereocenters. The molecule has 0 aliphatic rings. The standard InChI is InChI=1S/C26H27ClN4O2/c1-15(2)19-9-11-20(12-10-19)28-23(32)14-33-24-13-16(3)25-18(5)30-31(26(25)29-24)22-8-6-7-21(27)17(22)4/h6-13,15H,14H2,1-5H3,(H,28,32). The van der Waals surface area contributed by atoms with E-state index in [-0.39, 0.29) is 12.5 Å². The van der Waals surface area contributed by atoms with Gasteiger partial charge in [0, 0.05) is 22.2 Å². The second-order valence-corrected chi connectivity index (χ2v) is 8.88. The van der Waals surface area contributed by atoms with E-state index < -0.39 is 0 Å². The highest BCUT2D eigenvalue weighted by Gasteiger charge is 2.17. The number of hydrogen-bond acceptors (Lipinski definition) is 4. The van der Waals surface area contributed by atoms with Gasteiger partial charge in [0.05, 0.1) is 11.4 Å². The van der Waals surface area contributed by atoms with Gasteiger partial charge in [-0.1, -0.05) is 43.6 Å². The molecular weight excluding hydrogens is 436 g/mol. The predicted octanol–water partition coefficient (Wildman–Crippen LogP) is 6.14. The summed E-state index contributed by atoms with van der Waals surface area (Å²) in [5.74, 6) is 0.559. The summed E-state index contributed by atoms with van der Waals surface area (Å²) in [5.41, 5.74) is 6.23. The smallest absolute Gasteiger partial charge is 0.262 e. The zero-order valence-electron chi connectivity index (χ0n) is 19.4. The largest absolute Gasteiger partial charge is 0.467 e. The third-order valence-electron chi connectivity index (χ3n) is 5.67. The molecule has 0 spiro atoms. The van der Waals surface area contributed by atoms with E-state index in [0.717, 1.165) is 33.6 Å². The molecule has 1 amide bonds. The molecule has 2 aromatic heterocycles. The fourth-order valence-electron chi connectivity index (χ4n) is 3.83. The van der Waals surface area contributed by atoms with Crippen molar-refractivity contribution in [1.29, 1.82) is 0 Å². The Bertz CT molecular complexity index is 1330. The molecule has 0 aliphatic carbocycles. The van der Waals surface area contributed by atoms with E-state index >= 15 is 0 Å². The molecule has 0 saturated heterocycles. The molecule has 0 aliphatic heterocycles. The molecule has 4 rings (SSSR count). The highest BCUT2D eigenvalue weighted by molar-refractivity contribution is 6.31. The van der Waals surface area contributed by atoms with Crippen LogP contribution in [0.5, 0.6) is 5.88 Å². The van der Waals surface area contributed by atoms with Crippen molar-refractivity contribution < 1.29 is 9.53 Å². The van der Waals surface area contributed by atoms with Crippen molar-refractivity contribution in [2.24, 2.45) is 0 Å². The summed E-state index contributed by atoms with van der Waals surface area (Å²) in [4.78, 5) is 17.1. The molecule has 0 radical (unpaired) electrons. The van der Waals surface area contributed by atoms with Crippen molar-refractivity contribution in [3.63, 3.8) is 0 Å². The second-order valence-electron chi connectivity index (χ2n) is 8.47. The number of amides is 1. The highest BCUT2D eigenvalue weighted by Crippen LogP contribution is 2.29. The van der Waals surface area contributed by atoms with E-state index in [1.54, 1.807) is 4.68 Å². The van der Waals surface area contributed by atoms with Gasteiger partial charge in [-0.3, -0.25) is 4.79 Å². The maximum absolute atomic E-state index is 12.4. The van der Waals surface area contributed by atoms with Crippen LogP contribution in [0.15, 0.2) is 48.5 Å². The Morgan fingerprint density at radius 3 is 2.55 bits per heavy atom. The number of aromatic nitrogens is 3. The summed E-state index contributed by atoms with van der Waals surface area (Å²) >= 11 is 6.33. The van der Waals surface area contributed by atoms with Crippen molar-refractivity contribution in [3.8, 4) is 11.6 Å². The lowest BCUT2D eigenvalue weighted by Gasteiger charge is -2.11. The first-order valence-electron chi connectivity index (χ1n) is 10.9. The maximum atomic E-state index is 12.4. The summed E-state index contributed by atoms with van der Waals surface area (Å²) in [6.07, 6.45) is 0. The molecule has 1 N–H and O–H groups in total. The van der Waals surface area contributed by atoms with Gasteiger partial charge in [0.2, 0.25) is 5.88 Å². The Kier molecular flexibility index (Phi) is 6.38. The summed E-state index contributed by atoms with van der Waals surface area (Å²) in [6.45, 7) is 10.0. The van der Waals surface area contributed by atoms with Gasteiger partial charge in [-0.15, -0.1) is 0 Å². The lowest BCUT2D eigenvalue weighted by molar-refractivity contribution is -0.118. The number of anilines is 1. The Labute approximate surface area is 198 Å². The van der Waals surface area contributed by atoms with Gasteiger partial charge >= 0.3 is 0 Å².